The van der Waals surface area contributed by atoms with Crippen molar-refractivity contribution in [1.82, 2.24) is 0 Å². The van der Waals surface area contributed by atoms with Gasteiger partial charge in [-0.15, -0.1) is 0 Å². The molecule has 0 amide bonds. The summed E-state index contributed by atoms with van der Waals surface area (Å²) in [5, 5.41) is 9.58. The van der Waals surface area contributed by atoms with E-state index < -0.39 is 5.97 Å². The van der Waals surface area contributed by atoms with Crippen LogP contribution in [0, 0.1) is 39.9 Å². The Bertz CT molecular complexity index is 949. The molecule has 1 saturated carbocycles. The predicted octanol–water partition coefficient (Wildman–Crippen LogP) is 7.49. The van der Waals surface area contributed by atoms with Gasteiger partial charge >= 0.3 is 5.97 Å². The van der Waals surface area contributed by atoms with E-state index in [1.54, 1.807) is 22.3 Å². The lowest BCUT2D eigenvalue weighted by Gasteiger charge is -2.60. The van der Waals surface area contributed by atoms with Gasteiger partial charge in [-0.3, -0.25) is 0 Å². The van der Waals surface area contributed by atoms with Crippen LogP contribution in [0.4, 0.5) is 0 Å². The number of hydrogen-bond acceptors (Lipinski definition) is 1. The maximum atomic E-state index is 11.7. The monoisotopic (exact) mass is 420 g/mol. The minimum atomic E-state index is -0.713. The molecule has 5 rings (SSSR count). The molecule has 0 aromatic rings. The van der Waals surface area contributed by atoms with Crippen LogP contribution < -0.4 is 0 Å². The van der Waals surface area contributed by atoms with Crippen LogP contribution in [0.15, 0.2) is 46.1 Å². The van der Waals surface area contributed by atoms with Crippen molar-refractivity contribution in [2.24, 2.45) is 39.9 Å². The molecule has 2 heteroatoms. The number of aliphatic carboxylic acids is 1. The molecule has 0 radical (unpaired) electrons. The predicted molar refractivity (Wildman–Crippen MR) is 127 cm³/mol. The Morgan fingerprint density at radius 1 is 0.935 bits per heavy atom. The van der Waals surface area contributed by atoms with Gasteiger partial charge in [0.25, 0.3) is 0 Å². The summed E-state index contributed by atoms with van der Waals surface area (Å²) in [5.41, 5.74) is 7.88. The molecule has 4 atom stereocenters. The van der Waals surface area contributed by atoms with Crippen molar-refractivity contribution >= 4 is 5.97 Å². The van der Waals surface area contributed by atoms with Gasteiger partial charge in [-0.1, -0.05) is 70.9 Å². The van der Waals surface area contributed by atoms with Crippen molar-refractivity contribution in [3.8, 4) is 0 Å². The Kier molecular flexibility index (Phi) is 4.61. The van der Waals surface area contributed by atoms with E-state index in [0.717, 1.165) is 12.8 Å². The second-order valence-corrected chi connectivity index (χ2v) is 12.7. The van der Waals surface area contributed by atoms with Crippen LogP contribution >= 0.6 is 0 Å². The Morgan fingerprint density at radius 2 is 1.68 bits per heavy atom. The van der Waals surface area contributed by atoms with Gasteiger partial charge < -0.3 is 5.11 Å². The lowest BCUT2D eigenvalue weighted by molar-refractivity contribution is -0.133. The van der Waals surface area contributed by atoms with Crippen LogP contribution in [0.1, 0.15) is 86.5 Å². The van der Waals surface area contributed by atoms with Crippen molar-refractivity contribution in [1.29, 1.82) is 0 Å². The quantitative estimate of drug-likeness (QED) is 0.477. The van der Waals surface area contributed by atoms with E-state index in [0.29, 0.717) is 34.7 Å². The van der Waals surface area contributed by atoms with Gasteiger partial charge in [0, 0.05) is 11.5 Å². The molecule has 1 fully saturated rings. The Morgan fingerprint density at radius 3 is 2.39 bits per heavy atom. The molecule has 31 heavy (non-hydrogen) atoms. The smallest absolute Gasteiger partial charge is 0.331 e. The molecule has 0 aliphatic heterocycles. The van der Waals surface area contributed by atoms with Gasteiger partial charge in [-0.25, -0.2) is 4.79 Å². The highest BCUT2D eigenvalue weighted by atomic mass is 16.4. The minimum Gasteiger partial charge on any atom is -0.478 e. The zero-order valence-corrected chi connectivity index (χ0v) is 20.3. The Balaban J connectivity index is 1.59. The molecule has 168 valence electrons. The molecular formula is C29H40O2. The fourth-order valence-electron chi connectivity index (χ4n) is 8.01. The fourth-order valence-corrected chi connectivity index (χ4v) is 8.01. The second kappa shape index (κ2) is 6.72. The standard InChI is InChI=1S/C29H40O2/c1-27(2)16-19-10-12-21-20-11-9-17-7-8-18(26(30)31)15-24(17)22(20)13-14-23(21)25(19)28(3,4)29(27,5)6/h13-15,17,20-21,24H,7-12,16H2,1-6H3,(H,30,31). The first-order chi connectivity index (χ1) is 14.5. The molecule has 0 spiro atoms. The van der Waals surface area contributed by atoms with Gasteiger partial charge in [0.15, 0.2) is 0 Å². The number of carbonyl (C=O) groups is 1. The van der Waals surface area contributed by atoms with Gasteiger partial charge in [0.1, 0.15) is 0 Å². The molecule has 0 bridgehead atoms. The zero-order valence-electron chi connectivity index (χ0n) is 20.3. The van der Waals surface area contributed by atoms with Crippen LogP contribution in [-0.2, 0) is 4.79 Å². The number of carboxylic acid groups (broad SMARTS) is 1. The first-order valence-electron chi connectivity index (χ1n) is 12.5. The van der Waals surface area contributed by atoms with E-state index in [1.807, 2.05) is 0 Å². The van der Waals surface area contributed by atoms with Crippen LogP contribution in [-0.4, -0.2) is 11.1 Å². The van der Waals surface area contributed by atoms with E-state index in [1.165, 1.54) is 32.1 Å². The van der Waals surface area contributed by atoms with E-state index in [9.17, 15) is 9.90 Å². The molecular weight excluding hydrogens is 380 g/mol. The van der Waals surface area contributed by atoms with Crippen LogP contribution in [0.25, 0.3) is 0 Å². The number of carboxylic acids is 1. The molecule has 5 aliphatic rings. The molecule has 2 nitrogen and oxygen atoms in total. The lowest BCUT2D eigenvalue weighted by Crippen LogP contribution is -2.51. The van der Waals surface area contributed by atoms with Crippen molar-refractivity contribution in [2.75, 3.05) is 0 Å². The summed E-state index contributed by atoms with van der Waals surface area (Å²) in [6.07, 6.45) is 15.1. The number of rotatable bonds is 1. The third kappa shape index (κ3) is 2.85. The molecule has 0 heterocycles. The maximum absolute atomic E-state index is 11.7. The summed E-state index contributed by atoms with van der Waals surface area (Å²) in [6, 6.07) is 0. The van der Waals surface area contributed by atoms with E-state index >= 15 is 0 Å². The normalized spacial score (nSPS) is 37.3. The summed E-state index contributed by atoms with van der Waals surface area (Å²) in [5.74, 6) is 1.51. The molecule has 4 unspecified atom stereocenters. The number of fused-ring (bicyclic) bond motifs is 6. The second-order valence-electron chi connectivity index (χ2n) is 12.7. The highest BCUT2D eigenvalue weighted by Gasteiger charge is 2.56. The third-order valence-corrected chi connectivity index (χ3v) is 10.9. The van der Waals surface area contributed by atoms with Crippen molar-refractivity contribution < 1.29 is 9.90 Å². The molecule has 0 aromatic heterocycles. The Labute approximate surface area is 188 Å². The summed E-state index contributed by atoms with van der Waals surface area (Å²) in [6.45, 7) is 14.9. The SMILES string of the molecule is CC1(C)CC2=C(C3=CC=C4C5C=C(C(=O)O)CCC5CCC4C3CC2)C(C)(C)C1(C)C. The van der Waals surface area contributed by atoms with Crippen molar-refractivity contribution in [2.45, 2.75) is 86.5 Å². The van der Waals surface area contributed by atoms with Crippen LogP contribution in [0.5, 0.6) is 0 Å². The summed E-state index contributed by atoms with van der Waals surface area (Å²) in [4.78, 5) is 11.7. The number of hydrogen-bond donors (Lipinski definition) is 1. The molecule has 1 N–H and O–H groups in total. The lowest BCUT2D eigenvalue weighted by atomic mass is 9.44. The largest absolute Gasteiger partial charge is 0.478 e. The average molecular weight is 421 g/mol. The van der Waals surface area contributed by atoms with Crippen LogP contribution in [0.3, 0.4) is 0 Å². The highest BCUT2D eigenvalue weighted by molar-refractivity contribution is 5.86. The van der Waals surface area contributed by atoms with Crippen molar-refractivity contribution in [3.05, 3.63) is 46.1 Å². The maximum Gasteiger partial charge on any atom is 0.331 e. The minimum absolute atomic E-state index is 0.151. The molecule has 0 saturated heterocycles. The summed E-state index contributed by atoms with van der Waals surface area (Å²) >= 11 is 0. The zero-order chi connectivity index (χ0) is 22.3. The first kappa shape index (κ1) is 21.3. The van der Waals surface area contributed by atoms with Gasteiger partial charge in [0.05, 0.1) is 0 Å². The first-order valence-corrected chi connectivity index (χ1v) is 12.5. The highest BCUT2D eigenvalue weighted by Crippen LogP contribution is 2.66. The molecule has 0 aromatic carbocycles. The average Bonchev–Trinajstić information content (AvgIpc) is 2.70. The van der Waals surface area contributed by atoms with Gasteiger partial charge in [-0.2, -0.15) is 0 Å². The van der Waals surface area contributed by atoms with Crippen molar-refractivity contribution in [3.63, 3.8) is 0 Å². The summed E-state index contributed by atoms with van der Waals surface area (Å²) in [7, 11) is 0. The molecule has 5 aliphatic carbocycles. The number of allylic oxidation sites excluding steroid dienone is 7. The third-order valence-electron chi connectivity index (χ3n) is 10.9. The van der Waals surface area contributed by atoms with Gasteiger partial charge in [0.2, 0.25) is 0 Å². The fraction of sp³-hybridized carbons (Fsp3) is 0.690. The topological polar surface area (TPSA) is 37.3 Å². The van der Waals surface area contributed by atoms with Gasteiger partial charge in [-0.05, 0) is 90.1 Å². The Hall–Kier alpha value is -1.57. The van der Waals surface area contributed by atoms with E-state index in [4.69, 9.17) is 0 Å². The van der Waals surface area contributed by atoms with Crippen LogP contribution in [0.2, 0.25) is 0 Å². The van der Waals surface area contributed by atoms with E-state index in [-0.39, 0.29) is 10.8 Å². The summed E-state index contributed by atoms with van der Waals surface area (Å²) < 4.78 is 0. The van der Waals surface area contributed by atoms with E-state index in [2.05, 4.69) is 59.8 Å².